The van der Waals surface area contributed by atoms with Crippen LogP contribution < -0.4 is 4.57 Å². The zero-order valence-electron chi connectivity index (χ0n) is 20.6. The Hall–Kier alpha value is -0.790. The van der Waals surface area contributed by atoms with Gasteiger partial charge in [0.2, 0.25) is 0 Å². The highest BCUT2D eigenvalue weighted by Crippen LogP contribution is 2.14. The van der Waals surface area contributed by atoms with E-state index in [0.717, 1.165) is 0 Å². The molecule has 0 spiro atoms. The van der Waals surface area contributed by atoms with E-state index in [1.165, 1.54) is 122 Å². The summed E-state index contributed by atoms with van der Waals surface area (Å²) in [5.41, 5.74) is 0. The smallest absolute Gasteiger partial charge is 0.234 e. The highest BCUT2D eigenvalue weighted by Gasteiger charge is 2.18. The second kappa shape index (κ2) is 18.0. The van der Waals surface area contributed by atoms with E-state index in [4.69, 9.17) is 0 Å². The van der Waals surface area contributed by atoms with Gasteiger partial charge in [0.1, 0.15) is 12.4 Å². The second-order valence-corrected chi connectivity index (χ2v) is 9.46. The summed E-state index contributed by atoms with van der Waals surface area (Å²) < 4.78 is 5.02. The third kappa shape index (κ3) is 12.5. The van der Waals surface area contributed by atoms with E-state index in [1.807, 2.05) is 0 Å². The first-order valence-electron chi connectivity index (χ1n) is 13.3. The Morgan fingerprint density at radius 2 is 1.10 bits per heavy atom. The van der Waals surface area contributed by atoms with Crippen molar-refractivity contribution >= 4 is 0 Å². The third-order valence-corrected chi connectivity index (χ3v) is 6.35. The molecule has 29 heavy (non-hydrogen) atoms. The number of aromatic nitrogens is 2. The van der Waals surface area contributed by atoms with Gasteiger partial charge in [-0.3, -0.25) is 0 Å². The summed E-state index contributed by atoms with van der Waals surface area (Å²) in [5.74, 6) is 1.54. The van der Waals surface area contributed by atoms with Crippen molar-refractivity contribution in [2.45, 2.75) is 156 Å². The Bertz CT molecular complexity index is 475. The Balaban J connectivity index is 2.06. The van der Waals surface area contributed by atoms with Gasteiger partial charge in [-0.15, -0.1) is 0 Å². The summed E-state index contributed by atoms with van der Waals surface area (Å²) in [5, 5.41) is 0. The molecule has 2 nitrogen and oxygen atoms in total. The zero-order valence-corrected chi connectivity index (χ0v) is 20.6. The molecule has 0 aliphatic carbocycles. The van der Waals surface area contributed by atoms with Crippen molar-refractivity contribution in [2.75, 3.05) is 0 Å². The van der Waals surface area contributed by atoms with Gasteiger partial charge in [0, 0.05) is 6.42 Å². The van der Waals surface area contributed by atoms with Crippen LogP contribution >= 0.6 is 0 Å². The van der Waals surface area contributed by atoms with E-state index in [-0.39, 0.29) is 0 Å². The molecule has 2 heteroatoms. The summed E-state index contributed by atoms with van der Waals surface area (Å²) in [6, 6.07) is 0.573. The van der Waals surface area contributed by atoms with E-state index >= 15 is 0 Å². The third-order valence-electron chi connectivity index (χ3n) is 6.35. The summed E-state index contributed by atoms with van der Waals surface area (Å²) in [6.07, 6.45) is 29.9. The number of unbranched alkanes of at least 4 members (excludes halogenated alkanes) is 15. The van der Waals surface area contributed by atoms with Crippen LogP contribution in [0.15, 0.2) is 12.4 Å². The number of nitrogens with zero attached hydrogens (tertiary/aromatic N) is 2. The van der Waals surface area contributed by atoms with Crippen LogP contribution in [0.1, 0.15) is 149 Å². The maximum absolute atomic E-state index is 2.54. The van der Waals surface area contributed by atoms with Crippen molar-refractivity contribution in [1.82, 2.24) is 4.57 Å². The fourth-order valence-corrected chi connectivity index (χ4v) is 4.43. The molecule has 170 valence electrons. The predicted octanol–water partition coefficient (Wildman–Crippen LogP) is 8.57. The van der Waals surface area contributed by atoms with Gasteiger partial charge in [-0.05, 0) is 33.1 Å². The molecule has 1 aromatic rings. The van der Waals surface area contributed by atoms with Crippen LogP contribution in [-0.2, 0) is 13.0 Å². The Kier molecular flexibility index (Phi) is 16.3. The van der Waals surface area contributed by atoms with Crippen molar-refractivity contribution in [3.05, 3.63) is 18.2 Å². The topological polar surface area (TPSA) is 8.81 Å². The highest BCUT2D eigenvalue weighted by atomic mass is 15.2. The van der Waals surface area contributed by atoms with Gasteiger partial charge in [-0.25, -0.2) is 9.13 Å². The molecule has 0 fully saturated rings. The lowest BCUT2D eigenvalue weighted by atomic mass is 10.0. The Labute approximate surface area is 183 Å². The molecule has 0 saturated carbocycles. The van der Waals surface area contributed by atoms with E-state index in [9.17, 15) is 0 Å². The van der Waals surface area contributed by atoms with Gasteiger partial charge in [0.25, 0.3) is 5.82 Å². The summed E-state index contributed by atoms with van der Waals surface area (Å²) in [6.45, 7) is 10.4. The molecule has 0 aromatic carbocycles. The van der Waals surface area contributed by atoms with Gasteiger partial charge in [-0.1, -0.05) is 104 Å². The second-order valence-electron chi connectivity index (χ2n) is 9.46. The fourth-order valence-electron chi connectivity index (χ4n) is 4.43. The number of rotatable bonds is 20. The SMILES string of the molecule is CCCCCCCCCCCCCCCC[n+]1ccn(C(C)C)c1CCCCC. The van der Waals surface area contributed by atoms with E-state index in [2.05, 4.69) is 49.2 Å². The zero-order chi connectivity index (χ0) is 21.2. The highest BCUT2D eigenvalue weighted by molar-refractivity contribution is 4.86. The molecule has 1 aromatic heterocycles. The Morgan fingerprint density at radius 3 is 1.59 bits per heavy atom. The summed E-state index contributed by atoms with van der Waals surface area (Å²) in [7, 11) is 0. The van der Waals surface area contributed by atoms with E-state index in [0.29, 0.717) is 6.04 Å². The van der Waals surface area contributed by atoms with Crippen LogP contribution in [0.3, 0.4) is 0 Å². The van der Waals surface area contributed by atoms with Crippen molar-refractivity contribution in [1.29, 1.82) is 0 Å². The summed E-state index contributed by atoms with van der Waals surface area (Å²) >= 11 is 0. The first-order chi connectivity index (χ1) is 14.2. The van der Waals surface area contributed by atoms with Gasteiger partial charge < -0.3 is 0 Å². The molecule has 1 rings (SSSR count). The van der Waals surface area contributed by atoms with Crippen molar-refractivity contribution in [3.63, 3.8) is 0 Å². The average Bonchev–Trinajstić information content (AvgIpc) is 3.11. The van der Waals surface area contributed by atoms with E-state index < -0.39 is 0 Å². The molecule has 0 atom stereocenters. The largest absolute Gasteiger partial charge is 0.256 e. The molecule has 0 aliphatic heterocycles. The van der Waals surface area contributed by atoms with Crippen LogP contribution in [0, 0.1) is 0 Å². The lowest BCUT2D eigenvalue weighted by molar-refractivity contribution is -0.704. The molecule has 0 aliphatic rings. The first kappa shape index (κ1) is 26.2. The maximum Gasteiger partial charge on any atom is 0.256 e. The van der Waals surface area contributed by atoms with Crippen LogP contribution in [0.5, 0.6) is 0 Å². The molecule has 0 bridgehead atoms. The molecule has 1 heterocycles. The van der Waals surface area contributed by atoms with Gasteiger partial charge in [0.05, 0.1) is 12.6 Å². The quantitative estimate of drug-likeness (QED) is 0.152. The molecule has 0 unspecified atom stereocenters. The molecular weight excluding hydrogens is 352 g/mol. The lowest BCUT2D eigenvalue weighted by Gasteiger charge is -2.08. The van der Waals surface area contributed by atoms with Crippen LogP contribution in [-0.4, -0.2) is 4.57 Å². The predicted molar refractivity (Wildman–Crippen MR) is 129 cm³/mol. The summed E-state index contributed by atoms with van der Waals surface area (Å²) in [4.78, 5) is 0. The number of hydrogen-bond acceptors (Lipinski definition) is 0. The number of hydrogen-bond donors (Lipinski definition) is 0. The molecule has 0 amide bonds. The molecule has 0 radical (unpaired) electrons. The Morgan fingerprint density at radius 1 is 0.655 bits per heavy atom. The maximum atomic E-state index is 2.54. The lowest BCUT2D eigenvalue weighted by Crippen LogP contribution is -2.37. The fraction of sp³-hybridized carbons (Fsp3) is 0.889. The van der Waals surface area contributed by atoms with Crippen LogP contribution in [0.4, 0.5) is 0 Å². The van der Waals surface area contributed by atoms with Crippen LogP contribution in [0.25, 0.3) is 0 Å². The number of aryl methyl sites for hydroxylation is 1. The van der Waals surface area contributed by atoms with Gasteiger partial charge in [-0.2, -0.15) is 0 Å². The van der Waals surface area contributed by atoms with Crippen molar-refractivity contribution in [3.8, 4) is 0 Å². The minimum Gasteiger partial charge on any atom is -0.234 e. The molecule has 0 saturated heterocycles. The minimum absolute atomic E-state index is 0.573. The monoisotopic (exact) mass is 405 g/mol. The van der Waals surface area contributed by atoms with Gasteiger partial charge >= 0.3 is 0 Å². The average molecular weight is 406 g/mol. The number of imidazole rings is 1. The molecule has 0 N–H and O–H groups in total. The van der Waals surface area contributed by atoms with Crippen molar-refractivity contribution < 1.29 is 4.57 Å². The van der Waals surface area contributed by atoms with Gasteiger partial charge in [0.15, 0.2) is 0 Å². The first-order valence-corrected chi connectivity index (χ1v) is 13.3. The minimum atomic E-state index is 0.573. The van der Waals surface area contributed by atoms with E-state index in [1.54, 1.807) is 5.82 Å². The molecular formula is C27H53N2+. The van der Waals surface area contributed by atoms with Crippen LogP contribution in [0.2, 0.25) is 0 Å². The van der Waals surface area contributed by atoms with Crippen molar-refractivity contribution in [2.24, 2.45) is 0 Å². The standard InChI is InChI=1S/C27H53N2/c1-5-7-9-10-11-12-13-14-15-16-17-18-19-21-23-28-24-25-29(26(3)4)27(28)22-20-8-6-2/h24-26H,5-23H2,1-4H3/q+1. The normalized spacial score (nSPS) is 11.6.